The third-order valence-electron chi connectivity index (χ3n) is 4.84. The summed E-state index contributed by atoms with van der Waals surface area (Å²) in [6, 6.07) is 3.20. The molecular weight excluding hydrogens is 483 g/mol. The summed E-state index contributed by atoms with van der Waals surface area (Å²) in [5, 5.41) is 11.4. The molecule has 14 heteroatoms. The lowest BCUT2D eigenvalue weighted by Gasteiger charge is -2.33. The zero-order valence-corrected chi connectivity index (χ0v) is 17.8. The van der Waals surface area contributed by atoms with Crippen molar-refractivity contribution in [2.24, 2.45) is 0 Å². The summed E-state index contributed by atoms with van der Waals surface area (Å²) in [6.07, 6.45) is -11.4. The fourth-order valence-electron chi connectivity index (χ4n) is 3.04. The molecule has 1 atom stereocenters. The van der Waals surface area contributed by atoms with Gasteiger partial charge in [0.05, 0.1) is 17.6 Å². The zero-order valence-electron chi connectivity index (χ0n) is 17.0. The standard InChI is InChI=1S/C19H20F7N3O3S/c20-13-2-4-14(5-3-13)29(12-19(24,25)26)15(16(30)28-17(11-27)7-8-17)10-33(31,32)9-1-6-18(21,22)23/h2-5,15H,1,6-10,12H2,(H,28,30)/t15-/m0/s1. The summed E-state index contributed by atoms with van der Waals surface area (Å²) >= 11 is 0. The number of anilines is 1. The monoisotopic (exact) mass is 503 g/mol. The number of halogens is 7. The molecule has 0 spiro atoms. The maximum atomic E-state index is 13.3. The number of nitrogens with one attached hydrogen (secondary N) is 1. The van der Waals surface area contributed by atoms with Gasteiger partial charge in [-0.05, 0) is 43.5 Å². The van der Waals surface area contributed by atoms with Crippen molar-refractivity contribution in [1.82, 2.24) is 5.32 Å². The minimum absolute atomic E-state index is 0.204. The summed E-state index contributed by atoms with van der Waals surface area (Å²) in [4.78, 5) is 13.2. The topological polar surface area (TPSA) is 90.3 Å². The highest BCUT2D eigenvalue weighted by atomic mass is 32.2. The maximum absolute atomic E-state index is 13.3. The highest BCUT2D eigenvalue weighted by molar-refractivity contribution is 7.91. The van der Waals surface area contributed by atoms with Crippen LogP contribution in [0.3, 0.4) is 0 Å². The van der Waals surface area contributed by atoms with Crippen LogP contribution in [-0.2, 0) is 14.6 Å². The molecule has 0 bridgehead atoms. The molecule has 0 radical (unpaired) electrons. The van der Waals surface area contributed by atoms with Gasteiger partial charge < -0.3 is 10.2 Å². The van der Waals surface area contributed by atoms with Crippen LogP contribution >= 0.6 is 0 Å². The Bertz CT molecular complexity index is 982. The van der Waals surface area contributed by atoms with E-state index in [9.17, 15) is 43.9 Å². The molecule has 1 saturated carbocycles. The summed E-state index contributed by atoms with van der Waals surface area (Å²) in [5.41, 5.74) is -1.68. The van der Waals surface area contributed by atoms with E-state index in [0.29, 0.717) is 4.90 Å². The quantitative estimate of drug-likeness (QED) is 0.494. The summed E-state index contributed by atoms with van der Waals surface area (Å²) in [6.45, 7) is -1.80. The second-order valence-corrected chi connectivity index (χ2v) is 9.98. The van der Waals surface area contributed by atoms with E-state index in [1.54, 1.807) is 6.07 Å². The molecule has 1 aromatic rings. The average molecular weight is 503 g/mol. The van der Waals surface area contributed by atoms with E-state index in [1.165, 1.54) is 0 Å². The van der Waals surface area contributed by atoms with E-state index in [1.807, 2.05) is 0 Å². The van der Waals surface area contributed by atoms with Crippen molar-refractivity contribution in [2.45, 2.75) is 49.6 Å². The minimum Gasteiger partial charge on any atom is -0.350 e. The largest absolute Gasteiger partial charge is 0.405 e. The third-order valence-corrected chi connectivity index (χ3v) is 6.57. The predicted octanol–water partition coefficient (Wildman–Crippen LogP) is 3.49. The number of hydrogen-bond acceptors (Lipinski definition) is 5. The van der Waals surface area contributed by atoms with Gasteiger partial charge in [-0.25, -0.2) is 12.8 Å². The molecule has 0 aromatic heterocycles. The molecule has 1 amide bonds. The first-order valence-corrected chi connectivity index (χ1v) is 11.5. The molecular formula is C19H20F7N3O3S. The second kappa shape index (κ2) is 9.74. The number of nitriles is 1. The molecule has 184 valence electrons. The van der Waals surface area contributed by atoms with Crippen molar-refractivity contribution in [1.29, 1.82) is 5.26 Å². The van der Waals surface area contributed by atoms with E-state index in [0.717, 1.165) is 24.3 Å². The molecule has 33 heavy (non-hydrogen) atoms. The van der Waals surface area contributed by atoms with Gasteiger partial charge in [0, 0.05) is 12.1 Å². The number of amides is 1. The highest BCUT2D eigenvalue weighted by Crippen LogP contribution is 2.35. The first kappa shape index (κ1) is 26.7. The lowest BCUT2D eigenvalue weighted by Crippen LogP contribution is -2.55. The van der Waals surface area contributed by atoms with Crippen LogP contribution in [0, 0.1) is 17.1 Å². The molecule has 0 aliphatic heterocycles. The Morgan fingerprint density at radius 2 is 1.70 bits per heavy atom. The fraction of sp³-hybridized carbons (Fsp3) is 0.579. The number of nitrogens with zero attached hydrogens (tertiary/aromatic N) is 2. The molecule has 1 aliphatic carbocycles. The van der Waals surface area contributed by atoms with Crippen LogP contribution in [0.2, 0.25) is 0 Å². The van der Waals surface area contributed by atoms with Gasteiger partial charge in [-0.15, -0.1) is 0 Å². The number of rotatable bonds is 10. The number of benzene rings is 1. The van der Waals surface area contributed by atoms with Gasteiger partial charge >= 0.3 is 12.4 Å². The molecule has 0 unspecified atom stereocenters. The molecule has 0 heterocycles. The van der Waals surface area contributed by atoms with Crippen LogP contribution in [0.5, 0.6) is 0 Å². The van der Waals surface area contributed by atoms with Gasteiger partial charge in [-0.2, -0.15) is 31.6 Å². The van der Waals surface area contributed by atoms with Crippen LogP contribution in [0.15, 0.2) is 24.3 Å². The van der Waals surface area contributed by atoms with Crippen molar-refractivity contribution in [3.05, 3.63) is 30.1 Å². The van der Waals surface area contributed by atoms with Crippen LogP contribution < -0.4 is 10.2 Å². The van der Waals surface area contributed by atoms with E-state index < -0.39 is 76.4 Å². The lowest BCUT2D eigenvalue weighted by atomic mass is 10.1. The second-order valence-electron chi connectivity index (χ2n) is 7.75. The molecule has 6 nitrogen and oxygen atoms in total. The summed E-state index contributed by atoms with van der Waals surface area (Å²) < 4.78 is 115. The van der Waals surface area contributed by atoms with E-state index in [-0.39, 0.29) is 18.5 Å². The lowest BCUT2D eigenvalue weighted by molar-refractivity contribution is -0.134. The van der Waals surface area contributed by atoms with Gasteiger partial charge in [-0.3, -0.25) is 4.79 Å². The highest BCUT2D eigenvalue weighted by Gasteiger charge is 2.47. The molecule has 2 rings (SSSR count). The predicted molar refractivity (Wildman–Crippen MR) is 103 cm³/mol. The van der Waals surface area contributed by atoms with Crippen LogP contribution in [0.4, 0.5) is 36.4 Å². The van der Waals surface area contributed by atoms with Gasteiger partial charge in [0.25, 0.3) is 0 Å². The van der Waals surface area contributed by atoms with E-state index in [2.05, 4.69) is 5.32 Å². The van der Waals surface area contributed by atoms with Crippen LogP contribution in [0.25, 0.3) is 0 Å². The van der Waals surface area contributed by atoms with Crippen molar-refractivity contribution < 1.29 is 43.9 Å². The molecule has 0 saturated heterocycles. The SMILES string of the molecule is N#CC1(NC(=O)[C@H](CS(=O)(=O)CCCC(F)(F)F)N(CC(F)(F)F)c2ccc(F)cc2)CC1. The van der Waals surface area contributed by atoms with Crippen molar-refractivity contribution in [3.63, 3.8) is 0 Å². The zero-order chi connectivity index (χ0) is 25.1. The Kier molecular flexibility index (Phi) is 7.88. The smallest absolute Gasteiger partial charge is 0.350 e. The van der Waals surface area contributed by atoms with E-state index >= 15 is 0 Å². The van der Waals surface area contributed by atoms with Crippen LogP contribution in [-0.4, -0.2) is 56.3 Å². The van der Waals surface area contributed by atoms with Crippen molar-refractivity contribution in [2.75, 3.05) is 23.0 Å². The molecule has 1 aliphatic rings. The molecule has 1 N–H and O–H groups in total. The van der Waals surface area contributed by atoms with Crippen molar-refractivity contribution in [3.8, 4) is 6.07 Å². The Hall–Kier alpha value is -2.56. The van der Waals surface area contributed by atoms with Crippen LogP contribution in [0.1, 0.15) is 25.7 Å². The number of sulfone groups is 1. The number of carbonyl (C=O) groups excluding carboxylic acids is 1. The summed E-state index contributed by atoms with van der Waals surface area (Å²) in [5.74, 6) is -4.25. The first-order valence-electron chi connectivity index (χ1n) is 9.64. The minimum atomic E-state index is -4.92. The number of alkyl halides is 6. The van der Waals surface area contributed by atoms with Gasteiger partial charge in [0.15, 0.2) is 9.84 Å². The Balaban J connectivity index is 2.38. The van der Waals surface area contributed by atoms with Crippen molar-refractivity contribution >= 4 is 21.4 Å². The Morgan fingerprint density at radius 1 is 1.12 bits per heavy atom. The number of hydrogen-bond donors (Lipinski definition) is 1. The number of carbonyl (C=O) groups is 1. The maximum Gasteiger partial charge on any atom is 0.405 e. The Morgan fingerprint density at radius 3 is 2.15 bits per heavy atom. The Labute approximate surface area is 185 Å². The van der Waals surface area contributed by atoms with E-state index in [4.69, 9.17) is 5.26 Å². The summed E-state index contributed by atoms with van der Waals surface area (Å²) in [7, 11) is -4.43. The molecule has 1 aromatic carbocycles. The third kappa shape index (κ3) is 8.71. The first-order chi connectivity index (χ1) is 15.0. The molecule has 1 fully saturated rings. The van der Waals surface area contributed by atoms with Gasteiger partial charge in [-0.1, -0.05) is 0 Å². The van der Waals surface area contributed by atoms with Gasteiger partial charge in [0.1, 0.15) is 23.9 Å². The van der Waals surface area contributed by atoms with Gasteiger partial charge in [0.2, 0.25) is 5.91 Å². The average Bonchev–Trinajstić information content (AvgIpc) is 3.43. The normalized spacial score (nSPS) is 16.5. The fourth-order valence-corrected chi connectivity index (χ4v) is 4.60.